The van der Waals surface area contributed by atoms with Crippen molar-refractivity contribution in [2.24, 2.45) is 5.73 Å². The molecule has 0 radical (unpaired) electrons. The molecule has 7 nitrogen and oxygen atoms in total. The molecule has 0 aliphatic rings. The van der Waals surface area contributed by atoms with E-state index >= 15 is 0 Å². The van der Waals surface area contributed by atoms with Crippen molar-refractivity contribution >= 4 is 62.3 Å². The van der Waals surface area contributed by atoms with Crippen LogP contribution >= 0.6 is 34.8 Å². The SMILES string of the molecule is NC(=O)c1ccc(NC(=O)CN(Cc2c(Cl)cccc2Cl)S(=O)(=O)c2ccc(Cl)cc2)cc1. The molecule has 0 fully saturated rings. The molecule has 0 aromatic heterocycles. The van der Waals surface area contributed by atoms with Crippen LogP contribution in [0.4, 0.5) is 5.69 Å². The molecule has 3 aromatic rings. The summed E-state index contributed by atoms with van der Waals surface area (Å²) in [6.07, 6.45) is 0. The van der Waals surface area contributed by atoms with Crippen LogP contribution in [0.2, 0.25) is 15.1 Å². The van der Waals surface area contributed by atoms with Crippen molar-refractivity contribution < 1.29 is 18.0 Å². The van der Waals surface area contributed by atoms with E-state index in [1.54, 1.807) is 18.2 Å². The van der Waals surface area contributed by atoms with Gasteiger partial charge < -0.3 is 11.1 Å². The van der Waals surface area contributed by atoms with Gasteiger partial charge in [0, 0.05) is 38.4 Å². The van der Waals surface area contributed by atoms with Gasteiger partial charge >= 0.3 is 0 Å². The van der Waals surface area contributed by atoms with E-state index in [2.05, 4.69) is 5.32 Å². The van der Waals surface area contributed by atoms with Gasteiger partial charge in [-0.3, -0.25) is 9.59 Å². The Morgan fingerprint density at radius 3 is 2.00 bits per heavy atom. The first kappa shape index (κ1) is 25.0. The van der Waals surface area contributed by atoms with Crippen molar-refractivity contribution in [2.45, 2.75) is 11.4 Å². The Labute approximate surface area is 206 Å². The van der Waals surface area contributed by atoms with Gasteiger partial charge in [-0.2, -0.15) is 4.31 Å². The van der Waals surface area contributed by atoms with E-state index in [1.807, 2.05) is 0 Å². The third-order valence-electron chi connectivity index (χ3n) is 4.62. The van der Waals surface area contributed by atoms with Gasteiger partial charge in [0.2, 0.25) is 21.8 Å². The molecule has 3 N–H and O–H groups in total. The predicted molar refractivity (Wildman–Crippen MR) is 129 cm³/mol. The Balaban J connectivity index is 1.90. The summed E-state index contributed by atoms with van der Waals surface area (Å²) in [7, 11) is -4.12. The highest BCUT2D eigenvalue weighted by Gasteiger charge is 2.28. The van der Waals surface area contributed by atoms with Crippen molar-refractivity contribution in [3.8, 4) is 0 Å². The Hall–Kier alpha value is -2.62. The lowest BCUT2D eigenvalue weighted by molar-refractivity contribution is -0.116. The smallest absolute Gasteiger partial charge is 0.248 e. The highest BCUT2D eigenvalue weighted by atomic mass is 35.5. The summed E-state index contributed by atoms with van der Waals surface area (Å²) < 4.78 is 27.7. The fraction of sp³-hybridized carbons (Fsp3) is 0.0909. The Morgan fingerprint density at radius 1 is 0.879 bits per heavy atom. The minimum Gasteiger partial charge on any atom is -0.366 e. The van der Waals surface area contributed by atoms with Crippen molar-refractivity contribution in [1.82, 2.24) is 4.31 Å². The van der Waals surface area contributed by atoms with Gasteiger partial charge in [-0.1, -0.05) is 40.9 Å². The monoisotopic (exact) mass is 525 g/mol. The summed E-state index contributed by atoms with van der Waals surface area (Å²) >= 11 is 18.4. The number of nitrogens with two attached hydrogens (primary N) is 1. The number of hydrogen-bond acceptors (Lipinski definition) is 4. The fourth-order valence-electron chi connectivity index (χ4n) is 2.92. The van der Waals surface area contributed by atoms with Crippen LogP contribution in [0.5, 0.6) is 0 Å². The Kier molecular flexibility index (Phi) is 7.99. The molecule has 0 bridgehead atoms. The van der Waals surface area contributed by atoms with Crippen LogP contribution in [0.15, 0.2) is 71.6 Å². The molecule has 0 unspecified atom stereocenters. The van der Waals surface area contributed by atoms with Gasteiger partial charge in [0.15, 0.2) is 0 Å². The van der Waals surface area contributed by atoms with Crippen molar-refractivity contribution in [3.05, 3.63) is 92.9 Å². The molecule has 0 heterocycles. The van der Waals surface area contributed by atoms with Gasteiger partial charge in [0.1, 0.15) is 0 Å². The Morgan fingerprint density at radius 2 is 1.45 bits per heavy atom. The largest absolute Gasteiger partial charge is 0.366 e. The minimum atomic E-state index is -4.12. The number of sulfonamides is 1. The molecule has 3 rings (SSSR count). The van der Waals surface area contributed by atoms with E-state index in [-0.39, 0.29) is 27.0 Å². The minimum absolute atomic E-state index is 0.0475. The summed E-state index contributed by atoms with van der Waals surface area (Å²) in [6.45, 7) is -0.762. The van der Waals surface area contributed by atoms with E-state index in [0.717, 1.165) is 4.31 Å². The maximum atomic E-state index is 13.3. The highest BCUT2D eigenvalue weighted by Crippen LogP contribution is 2.28. The number of benzene rings is 3. The zero-order chi connectivity index (χ0) is 24.2. The first-order valence-electron chi connectivity index (χ1n) is 9.46. The normalized spacial score (nSPS) is 11.4. The molecular weight excluding hydrogens is 509 g/mol. The predicted octanol–water partition coefficient (Wildman–Crippen LogP) is 4.58. The molecule has 11 heteroatoms. The maximum absolute atomic E-state index is 13.3. The van der Waals surface area contributed by atoms with E-state index in [9.17, 15) is 18.0 Å². The third kappa shape index (κ3) is 6.25. The maximum Gasteiger partial charge on any atom is 0.248 e. The van der Waals surface area contributed by atoms with Crippen molar-refractivity contribution in [1.29, 1.82) is 0 Å². The lowest BCUT2D eigenvalue weighted by Gasteiger charge is -2.23. The number of rotatable bonds is 8. The number of carbonyl (C=O) groups is 2. The first-order valence-corrected chi connectivity index (χ1v) is 12.0. The van der Waals surface area contributed by atoms with E-state index < -0.39 is 28.4 Å². The number of carbonyl (C=O) groups excluding carboxylic acids is 2. The second-order valence-electron chi connectivity index (χ2n) is 6.92. The van der Waals surface area contributed by atoms with Crippen molar-refractivity contribution in [2.75, 3.05) is 11.9 Å². The Bertz CT molecular complexity index is 1260. The topological polar surface area (TPSA) is 110 Å². The molecule has 0 atom stereocenters. The van der Waals surface area contributed by atoms with Gasteiger partial charge in [0.05, 0.1) is 11.4 Å². The van der Waals surface area contributed by atoms with E-state index in [1.165, 1.54) is 48.5 Å². The molecule has 0 aliphatic carbocycles. The van der Waals surface area contributed by atoms with Crippen molar-refractivity contribution in [3.63, 3.8) is 0 Å². The summed E-state index contributed by atoms with van der Waals surface area (Å²) in [6, 6.07) is 16.2. The first-order chi connectivity index (χ1) is 15.6. The molecule has 2 amide bonds. The number of amides is 2. The number of anilines is 1. The number of nitrogens with zero attached hydrogens (tertiary/aromatic N) is 1. The van der Waals surface area contributed by atoms with Crippen LogP contribution in [0.1, 0.15) is 15.9 Å². The average molecular weight is 527 g/mol. The number of primary amides is 1. The average Bonchev–Trinajstić information content (AvgIpc) is 2.76. The number of halogens is 3. The van der Waals surface area contributed by atoms with E-state index in [4.69, 9.17) is 40.5 Å². The van der Waals surface area contributed by atoms with Gasteiger partial charge in [-0.25, -0.2) is 8.42 Å². The molecule has 0 saturated heterocycles. The standard InChI is InChI=1S/C22H18Cl3N3O4S/c23-15-6-10-17(11-7-15)33(31,32)28(12-18-19(24)2-1-3-20(18)25)13-21(29)27-16-8-4-14(5-9-16)22(26)30/h1-11H,12-13H2,(H2,26,30)(H,27,29). The number of hydrogen-bond donors (Lipinski definition) is 2. The van der Waals surface area contributed by atoms with E-state index in [0.29, 0.717) is 16.3 Å². The van der Waals surface area contributed by atoms with Gasteiger partial charge in [0.25, 0.3) is 0 Å². The second kappa shape index (κ2) is 10.5. The molecule has 172 valence electrons. The summed E-state index contributed by atoms with van der Waals surface area (Å²) in [5, 5.41) is 3.50. The lowest BCUT2D eigenvalue weighted by Crippen LogP contribution is -2.37. The van der Waals surface area contributed by atoms with Crippen LogP contribution in [0, 0.1) is 0 Å². The van der Waals surface area contributed by atoms with Crippen LogP contribution in [-0.2, 0) is 21.4 Å². The van der Waals surface area contributed by atoms with Crippen LogP contribution < -0.4 is 11.1 Å². The van der Waals surface area contributed by atoms with Crippen LogP contribution in [0.3, 0.4) is 0 Å². The highest BCUT2D eigenvalue weighted by molar-refractivity contribution is 7.89. The summed E-state index contributed by atoms with van der Waals surface area (Å²) in [5.74, 6) is -1.22. The van der Waals surface area contributed by atoms with Crippen LogP contribution in [-0.4, -0.2) is 31.1 Å². The number of nitrogens with one attached hydrogen (secondary N) is 1. The summed E-state index contributed by atoms with van der Waals surface area (Å²) in [4.78, 5) is 23.9. The second-order valence-corrected chi connectivity index (χ2v) is 10.1. The molecular formula is C22H18Cl3N3O4S. The molecule has 0 saturated carbocycles. The molecule has 3 aromatic carbocycles. The summed E-state index contributed by atoms with van der Waals surface area (Å²) in [5.41, 5.74) is 6.21. The van der Waals surface area contributed by atoms with Gasteiger partial charge in [-0.15, -0.1) is 0 Å². The van der Waals surface area contributed by atoms with Gasteiger partial charge in [-0.05, 0) is 60.7 Å². The lowest BCUT2D eigenvalue weighted by atomic mass is 10.2. The quantitative estimate of drug-likeness (QED) is 0.448. The molecule has 0 aliphatic heterocycles. The molecule has 33 heavy (non-hydrogen) atoms. The van der Waals surface area contributed by atoms with Crippen LogP contribution in [0.25, 0.3) is 0 Å². The zero-order valence-corrected chi connectivity index (χ0v) is 20.0. The zero-order valence-electron chi connectivity index (χ0n) is 17.0. The molecule has 0 spiro atoms. The fourth-order valence-corrected chi connectivity index (χ4v) is 4.93. The third-order valence-corrected chi connectivity index (χ3v) is 7.39.